The summed E-state index contributed by atoms with van der Waals surface area (Å²) < 4.78 is 1.07. The van der Waals surface area contributed by atoms with E-state index in [1.807, 2.05) is 11.8 Å². The number of hydrogen-bond acceptors (Lipinski definition) is 6. The van der Waals surface area contributed by atoms with E-state index in [0.717, 1.165) is 29.7 Å². The SMILES string of the molecule is CCC(CC)(CNc1nc(NN)ncc1Br)SC. The van der Waals surface area contributed by atoms with Crippen LogP contribution in [0, 0.1) is 0 Å². The second-order valence-corrected chi connectivity index (χ2v) is 6.11. The monoisotopic (exact) mass is 333 g/mol. The fourth-order valence-corrected chi connectivity index (χ4v) is 2.79. The van der Waals surface area contributed by atoms with Gasteiger partial charge in [-0.25, -0.2) is 10.8 Å². The summed E-state index contributed by atoms with van der Waals surface area (Å²) in [5.74, 6) is 6.48. The first-order chi connectivity index (χ1) is 8.60. The number of nitrogen functional groups attached to an aromatic ring is 1. The predicted octanol–water partition coefficient (Wildman–Crippen LogP) is 2.86. The number of rotatable bonds is 7. The maximum Gasteiger partial charge on any atom is 0.239 e. The molecular weight excluding hydrogens is 314 g/mol. The minimum absolute atomic E-state index is 0.237. The van der Waals surface area contributed by atoms with Crippen LogP contribution in [0.1, 0.15) is 26.7 Å². The van der Waals surface area contributed by atoms with Crippen molar-refractivity contribution in [2.45, 2.75) is 31.4 Å². The zero-order chi connectivity index (χ0) is 13.6. The van der Waals surface area contributed by atoms with Crippen molar-refractivity contribution in [2.24, 2.45) is 5.84 Å². The molecule has 0 aliphatic heterocycles. The van der Waals surface area contributed by atoms with Crippen molar-refractivity contribution in [3.05, 3.63) is 10.7 Å². The van der Waals surface area contributed by atoms with Gasteiger partial charge in [-0.15, -0.1) is 0 Å². The molecule has 0 fully saturated rings. The normalized spacial score (nSPS) is 11.4. The van der Waals surface area contributed by atoms with E-state index in [-0.39, 0.29) is 4.75 Å². The fourth-order valence-electron chi connectivity index (χ4n) is 1.67. The Morgan fingerprint density at radius 2 is 2.11 bits per heavy atom. The van der Waals surface area contributed by atoms with Crippen LogP contribution in [0.3, 0.4) is 0 Å². The number of aromatic nitrogens is 2. The van der Waals surface area contributed by atoms with Crippen LogP contribution in [0.2, 0.25) is 0 Å². The molecule has 0 bridgehead atoms. The second kappa shape index (κ2) is 7.16. The lowest BCUT2D eigenvalue weighted by molar-refractivity contribution is 0.574. The van der Waals surface area contributed by atoms with Gasteiger partial charge in [-0.05, 0) is 35.0 Å². The van der Waals surface area contributed by atoms with E-state index in [1.165, 1.54) is 0 Å². The van der Waals surface area contributed by atoms with Crippen molar-refractivity contribution < 1.29 is 0 Å². The fraction of sp³-hybridized carbons (Fsp3) is 0.636. The van der Waals surface area contributed by atoms with Gasteiger partial charge >= 0.3 is 0 Å². The number of hydrazine groups is 1. The van der Waals surface area contributed by atoms with Crippen LogP contribution in [0.4, 0.5) is 11.8 Å². The molecule has 5 nitrogen and oxygen atoms in total. The molecule has 1 aromatic rings. The molecule has 7 heteroatoms. The highest BCUT2D eigenvalue weighted by molar-refractivity contribution is 9.10. The standard InChI is InChI=1S/C11H20BrN5S/c1-4-11(5-2,18-3)7-15-9-8(12)6-14-10(16-9)17-13/h6H,4-5,7,13H2,1-3H3,(H2,14,15,16,17). The van der Waals surface area contributed by atoms with E-state index in [9.17, 15) is 0 Å². The molecule has 1 rings (SSSR count). The third-order valence-electron chi connectivity index (χ3n) is 3.17. The average molecular weight is 334 g/mol. The Labute approximate surface area is 121 Å². The maximum absolute atomic E-state index is 5.31. The Morgan fingerprint density at radius 3 is 2.61 bits per heavy atom. The first kappa shape index (κ1) is 15.5. The Morgan fingerprint density at radius 1 is 1.44 bits per heavy atom. The average Bonchev–Trinajstić information content (AvgIpc) is 2.42. The van der Waals surface area contributed by atoms with Gasteiger partial charge in [-0.2, -0.15) is 16.7 Å². The second-order valence-electron chi connectivity index (χ2n) is 3.98. The van der Waals surface area contributed by atoms with E-state index in [2.05, 4.69) is 56.7 Å². The highest BCUT2D eigenvalue weighted by Crippen LogP contribution is 2.31. The minimum Gasteiger partial charge on any atom is -0.368 e. The summed E-state index contributed by atoms with van der Waals surface area (Å²) in [5.41, 5.74) is 2.45. The molecule has 4 N–H and O–H groups in total. The molecule has 0 aliphatic carbocycles. The van der Waals surface area contributed by atoms with Gasteiger partial charge in [-0.3, -0.25) is 5.43 Å². The van der Waals surface area contributed by atoms with Gasteiger partial charge in [0, 0.05) is 17.5 Å². The summed E-state index contributed by atoms with van der Waals surface area (Å²) in [7, 11) is 0. The van der Waals surface area contributed by atoms with E-state index in [0.29, 0.717) is 5.95 Å². The molecule has 0 saturated carbocycles. The zero-order valence-electron chi connectivity index (χ0n) is 11.0. The highest BCUT2D eigenvalue weighted by Gasteiger charge is 2.25. The first-order valence-electron chi connectivity index (χ1n) is 5.89. The predicted molar refractivity (Wildman–Crippen MR) is 82.9 cm³/mol. The van der Waals surface area contributed by atoms with E-state index >= 15 is 0 Å². The molecule has 0 aliphatic rings. The lowest BCUT2D eigenvalue weighted by atomic mass is 10.0. The maximum atomic E-state index is 5.31. The number of nitrogens with two attached hydrogens (primary N) is 1. The third kappa shape index (κ3) is 3.73. The minimum atomic E-state index is 0.237. The summed E-state index contributed by atoms with van der Waals surface area (Å²) >= 11 is 5.32. The van der Waals surface area contributed by atoms with E-state index in [1.54, 1.807) is 6.20 Å². The number of nitrogens with one attached hydrogen (secondary N) is 2. The lowest BCUT2D eigenvalue weighted by Gasteiger charge is -2.30. The molecule has 0 amide bonds. The van der Waals surface area contributed by atoms with E-state index < -0.39 is 0 Å². The van der Waals surface area contributed by atoms with Crippen LogP contribution in [-0.2, 0) is 0 Å². The molecule has 1 aromatic heterocycles. The van der Waals surface area contributed by atoms with Gasteiger partial charge in [0.25, 0.3) is 0 Å². The topological polar surface area (TPSA) is 75.9 Å². The van der Waals surface area contributed by atoms with Crippen LogP contribution < -0.4 is 16.6 Å². The smallest absolute Gasteiger partial charge is 0.239 e. The van der Waals surface area contributed by atoms with Crippen molar-refractivity contribution in [2.75, 3.05) is 23.5 Å². The number of halogens is 1. The Balaban J connectivity index is 2.78. The summed E-state index contributed by atoms with van der Waals surface area (Å²) in [6.45, 7) is 5.29. The summed E-state index contributed by atoms with van der Waals surface area (Å²) in [4.78, 5) is 8.31. The third-order valence-corrected chi connectivity index (χ3v) is 5.34. The number of anilines is 2. The van der Waals surface area contributed by atoms with Gasteiger partial charge in [0.15, 0.2) is 0 Å². The number of nitrogens with zero attached hydrogens (tertiary/aromatic N) is 2. The number of thioether (sulfide) groups is 1. The zero-order valence-corrected chi connectivity index (χ0v) is 13.4. The summed E-state index contributed by atoms with van der Waals surface area (Å²) in [5, 5.41) is 3.37. The molecule has 0 spiro atoms. The summed E-state index contributed by atoms with van der Waals surface area (Å²) in [6, 6.07) is 0. The van der Waals surface area contributed by atoms with Crippen molar-refractivity contribution in [3.8, 4) is 0 Å². The molecular formula is C11H20BrN5S. The van der Waals surface area contributed by atoms with Crippen LogP contribution in [0.25, 0.3) is 0 Å². The van der Waals surface area contributed by atoms with Crippen molar-refractivity contribution >= 4 is 39.5 Å². The first-order valence-corrected chi connectivity index (χ1v) is 7.90. The Kier molecular flexibility index (Phi) is 6.17. The van der Waals surface area contributed by atoms with Crippen LogP contribution in [-0.4, -0.2) is 27.5 Å². The van der Waals surface area contributed by atoms with Gasteiger partial charge in [0.2, 0.25) is 5.95 Å². The molecule has 0 aromatic carbocycles. The van der Waals surface area contributed by atoms with Gasteiger partial charge in [0.05, 0.1) is 4.47 Å². The van der Waals surface area contributed by atoms with Crippen molar-refractivity contribution in [3.63, 3.8) is 0 Å². The Hall–Kier alpha value is -0.530. The van der Waals surface area contributed by atoms with Gasteiger partial charge < -0.3 is 5.32 Å². The largest absolute Gasteiger partial charge is 0.368 e. The molecule has 18 heavy (non-hydrogen) atoms. The Bertz CT molecular complexity index is 375. The quantitative estimate of drug-likeness (QED) is 0.526. The summed E-state index contributed by atoms with van der Waals surface area (Å²) in [6.07, 6.45) is 6.06. The highest BCUT2D eigenvalue weighted by atomic mass is 79.9. The van der Waals surface area contributed by atoms with Crippen LogP contribution in [0.5, 0.6) is 0 Å². The van der Waals surface area contributed by atoms with Crippen molar-refractivity contribution in [1.82, 2.24) is 9.97 Å². The van der Waals surface area contributed by atoms with Crippen LogP contribution in [0.15, 0.2) is 10.7 Å². The van der Waals surface area contributed by atoms with Gasteiger partial charge in [-0.1, -0.05) is 13.8 Å². The molecule has 1 heterocycles. The molecule has 0 unspecified atom stereocenters. The van der Waals surface area contributed by atoms with E-state index in [4.69, 9.17) is 5.84 Å². The lowest BCUT2D eigenvalue weighted by Crippen LogP contribution is -2.32. The van der Waals surface area contributed by atoms with Crippen molar-refractivity contribution in [1.29, 1.82) is 0 Å². The molecule has 0 atom stereocenters. The van der Waals surface area contributed by atoms with Gasteiger partial charge in [0.1, 0.15) is 5.82 Å². The molecule has 102 valence electrons. The molecule has 0 radical (unpaired) electrons. The van der Waals surface area contributed by atoms with Crippen LogP contribution >= 0.6 is 27.7 Å². The number of hydrogen-bond donors (Lipinski definition) is 3. The molecule has 0 saturated heterocycles.